The van der Waals surface area contributed by atoms with E-state index in [2.05, 4.69) is 19.9 Å². The van der Waals surface area contributed by atoms with Crippen molar-refractivity contribution in [2.45, 2.75) is 38.9 Å². The first-order valence-corrected chi connectivity index (χ1v) is 11.0. The van der Waals surface area contributed by atoms with Crippen LogP contribution in [0.3, 0.4) is 0 Å². The Morgan fingerprint density at radius 1 is 1.09 bits per heavy atom. The minimum Gasteiger partial charge on any atom is -0.383 e. The van der Waals surface area contributed by atoms with E-state index >= 15 is 0 Å². The topological polar surface area (TPSA) is 97.9 Å². The first-order chi connectivity index (χ1) is 16.1. The number of aryl methyl sites for hydroxylation is 1. The number of halogens is 3. The molecular formula is C24H23F3N6O. The van der Waals surface area contributed by atoms with E-state index in [0.29, 0.717) is 36.0 Å². The molecule has 1 saturated carbocycles. The number of anilines is 1. The summed E-state index contributed by atoms with van der Waals surface area (Å²) in [4.78, 5) is 31.9. The molecule has 34 heavy (non-hydrogen) atoms. The first kappa shape index (κ1) is 22.2. The molecule has 1 aliphatic carbocycles. The number of nitrogens with zero attached hydrogens (tertiary/aromatic N) is 5. The average Bonchev–Trinajstić information content (AvgIpc) is 3.57. The number of pyridine rings is 2. The van der Waals surface area contributed by atoms with Gasteiger partial charge < -0.3 is 10.6 Å². The molecular weight excluding hydrogens is 445 g/mol. The van der Waals surface area contributed by atoms with Gasteiger partial charge in [0.25, 0.3) is 5.91 Å². The monoisotopic (exact) mass is 468 g/mol. The second-order valence-corrected chi connectivity index (χ2v) is 9.01. The molecule has 3 unspecified atom stereocenters. The van der Waals surface area contributed by atoms with Crippen molar-refractivity contribution in [3.05, 3.63) is 64.9 Å². The third-order valence-corrected chi connectivity index (χ3v) is 6.71. The fourth-order valence-corrected chi connectivity index (χ4v) is 4.91. The van der Waals surface area contributed by atoms with Crippen molar-refractivity contribution in [1.29, 1.82) is 0 Å². The molecule has 0 aromatic carbocycles. The minimum absolute atomic E-state index is 0.0259. The summed E-state index contributed by atoms with van der Waals surface area (Å²) in [7, 11) is 0. The number of aromatic nitrogens is 4. The Morgan fingerprint density at radius 2 is 1.82 bits per heavy atom. The molecule has 3 atom stereocenters. The molecule has 1 saturated heterocycles. The molecule has 0 bridgehead atoms. The van der Waals surface area contributed by atoms with E-state index in [4.69, 9.17) is 5.73 Å². The minimum atomic E-state index is -4.62. The van der Waals surface area contributed by atoms with Crippen LogP contribution < -0.4 is 5.73 Å². The SMILES string of the molecule is Cc1cc(-c2ncccn2)cc(C(=O)N2CC3CC3CC2c2c(C(F)(F)F)cnc(N)c2C)n1. The summed E-state index contributed by atoms with van der Waals surface area (Å²) in [6.45, 7) is 3.66. The van der Waals surface area contributed by atoms with Crippen LogP contribution in [0, 0.1) is 25.7 Å². The number of alkyl halides is 3. The second kappa shape index (κ2) is 8.03. The van der Waals surface area contributed by atoms with E-state index in [0.717, 1.165) is 12.6 Å². The van der Waals surface area contributed by atoms with Crippen LogP contribution in [0.25, 0.3) is 11.4 Å². The highest BCUT2D eigenvalue weighted by Crippen LogP contribution is 2.53. The highest BCUT2D eigenvalue weighted by atomic mass is 19.4. The quantitative estimate of drug-likeness (QED) is 0.613. The fourth-order valence-electron chi connectivity index (χ4n) is 4.91. The van der Waals surface area contributed by atoms with E-state index < -0.39 is 23.7 Å². The van der Waals surface area contributed by atoms with Gasteiger partial charge in [-0.05, 0) is 67.9 Å². The number of nitrogens with two attached hydrogens (primary N) is 1. The summed E-state index contributed by atoms with van der Waals surface area (Å²) in [6.07, 6.45) is 0.700. The lowest BCUT2D eigenvalue weighted by Crippen LogP contribution is -2.41. The number of amides is 1. The molecule has 2 fully saturated rings. The Balaban J connectivity index is 1.59. The third-order valence-electron chi connectivity index (χ3n) is 6.71. The number of rotatable bonds is 3. The van der Waals surface area contributed by atoms with E-state index in [9.17, 15) is 18.0 Å². The average molecular weight is 468 g/mol. The Bertz CT molecular complexity index is 1260. The molecule has 5 rings (SSSR count). The van der Waals surface area contributed by atoms with E-state index in [1.165, 1.54) is 11.8 Å². The lowest BCUT2D eigenvalue weighted by molar-refractivity contribution is -0.139. The Labute approximate surface area is 194 Å². The summed E-state index contributed by atoms with van der Waals surface area (Å²) < 4.78 is 41.9. The van der Waals surface area contributed by atoms with E-state index in [-0.39, 0.29) is 28.6 Å². The summed E-state index contributed by atoms with van der Waals surface area (Å²) in [5.41, 5.74) is 6.71. The van der Waals surface area contributed by atoms with Crippen LogP contribution in [-0.2, 0) is 6.18 Å². The smallest absolute Gasteiger partial charge is 0.383 e. The van der Waals surface area contributed by atoms with Crippen LogP contribution in [0.5, 0.6) is 0 Å². The molecule has 1 amide bonds. The van der Waals surface area contributed by atoms with Crippen LogP contribution in [0.15, 0.2) is 36.8 Å². The van der Waals surface area contributed by atoms with Crippen LogP contribution in [0.1, 0.15) is 51.8 Å². The van der Waals surface area contributed by atoms with Gasteiger partial charge in [0.05, 0.1) is 11.6 Å². The van der Waals surface area contributed by atoms with Crippen LogP contribution in [0.2, 0.25) is 0 Å². The molecule has 7 nitrogen and oxygen atoms in total. The Hall–Kier alpha value is -3.56. The van der Waals surface area contributed by atoms with Gasteiger partial charge >= 0.3 is 6.18 Å². The van der Waals surface area contributed by atoms with Crippen molar-refractivity contribution in [2.75, 3.05) is 12.3 Å². The molecule has 4 heterocycles. The summed E-state index contributed by atoms with van der Waals surface area (Å²) in [5.74, 6) is 0.639. The van der Waals surface area contributed by atoms with Gasteiger partial charge in [0, 0.05) is 36.4 Å². The zero-order valence-corrected chi connectivity index (χ0v) is 18.7. The number of hydrogen-bond acceptors (Lipinski definition) is 6. The number of carbonyl (C=O) groups is 1. The second-order valence-electron chi connectivity index (χ2n) is 9.01. The zero-order chi connectivity index (χ0) is 24.2. The predicted octanol–water partition coefficient (Wildman–Crippen LogP) is 4.37. The maximum atomic E-state index is 14.0. The van der Waals surface area contributed by atoms with Crippen molar-refractivity contribution < 1.29 is 18.0 Å². The number of fused-ring (bicyclic) bond motifs is 1. The van der Waals surface area contributed by atoms with Gasteiger partial charge in [-0.2, -0.15) is 13.2 Å². The lowest BCUT2D eigenvalue weighted by Gasteiger charge is -2.37. The normalized spacial score (nSPS) is 21.8. The lowest BCUT2D eigenvalue weighted by atomic mass is 9.89. The van der Waals surface area contributed by atoms with Gasteiger partial charge in [-0.15, -0.1) is 0 Å². The maximum Gasteiger partial charge on any atom is 0.418 e. The molecule has 10 heteroatoms. The molecule has 3 aromatic rings. The van der Waals surface area contributed by atoms with Crippen LogP contribution >= 0.6 is 0 Å². The predicted molar refractivity (Wildman–Crippen MR) is 118 cm³/mol. The van der Waals surface area contributed by atoms with Crippen molar-refractivity contribution in [3.63, 3.8) is 0 Å². The maximum absolute atomic E-state index is 14.0. The van der Waals surface area contributed by atoms with E-state index in [1.807, 2.05) is 0 Å². The summed E-state index contributed by atoms with van der Waals surface area (Å²) in [6, 6.07) is 4.29. The van der Waals surface area contributed by atoms with E-state index in [1.54, 1.807) is 37.5 Å². The number of nitrogen functional groups attached to an aromatic ring is 1. The summed E-state index contributed by atoms with van der Waals surface area (Å²) in [5, 5.41) is 0. The van der Waals surface area contributed by atoms with Gasteiger partial charge in [0.1, 0.15) is 11.5 Å². The van der Waals surface area contributed by atoms with Gasteiger partial charge in [0.2, 0.25) is 0 Å². The Kier molecular flexibility index (Phi) is 5.26. The molecule has 0 radical (unpaired) electrons. The molecule has 2 N–H and O–H groups in total. The van der Waals surface area contributed by atoms with Gasteiger partial charge in [-0.3, -0.25) is 4.79 Å². The number of piperidine rings is 1. The van der Waals surface area contributed by atoms with Crippen LogP contribution in [0.4, 0.5) is 19.0 Å². The highest BCUT2D eigenvalue weighted by molar-refractivity contribution is 5.94. The number of likely N-dealkylation sites (tertiary alicyclic amines) is 1. The molecule has 3 aromatic heterocycles. The fraction of sp³-hybridized carbons (Fsp3) is 0.375. The summed E-state index contributed by atoms with van der Waals surface area (Å²) >= 11 is 0. The van der Waals surface area contributed by atoms with Crippen molar-refractivity contribution in [3.8, 4) is 11.4 Å². The van der Waals surface area contributed by atoms with Crippen molar-refractivity contribution >= 4 is 11.7 Å². The highest BCUT2D eigenvalue weighted by Gasteiger charge is 2.50. The van der Waals surface area contributed by atoms with Gasteiger partial charge in [-0.25, -0.2) is 19.9 Å². The van der Waals surface area contributed by atoms with Gasteiger partial charge in [-0.1, -0.05) is 0 Å². The van der Waals surface area contributed by atoms with Crippen molar-refractivity contribution in [1.82, 2.24) is 24.8 Å². The van der Waals surface area contributed by atoms with Gasteiger partial charge in [0.15, 0.2) is 5.82 Å². The third kappa shape index (κ3) is 3.97. The first-order valence-electron chi connectivity index (χ1n) is 11.0. The largest absolute Gasteiger partial charge is 0.418 e. The van der Waals surface area contributed by atoms with Crippen LogP contribution in [-0.4, -0.2) is 37.3 Å². The molecule has 176 valence electrons. The molecule has 1 aliphatic heterocycles. The number of carbonyl (C=O) groups excluding carboxylic acids is 1. The molecule has 0 spiro atoms. The number of hydrogen-bond donors (Lipinski definition) is 1. The zero-order valence-electron chi connectivity index (χ0n) is 18.7. The van der Waals surface area contributed by atoms with Crippen molar-refractivity contribution in [2.24, 2.45) is 11.8 Å². The standard InChI is InChI=1S/C24H23F3N6O/c1-12-6-15(22-29-4-3-5-30-22)8-18(32-12)23(34)33-11-16-7-14(16)9-19(33)20-13(2)21(28)31-10-17(20)24(25,26)27/h3-6,8,10,14,16,19H,7,9,11H2,1-2H3,(H2,28,31). The Morgan fingerprint density at radius 3 is 2.53 bits per heavy atom. The molecule has 2 aliphatic rings.